The lowest BCUT2D eigenvalue weighted by atomic mass is 10.2. The molecule has 1 aromatic heterocycles. The molecule has 5 nitrogen and oxygen atoms in total. The van der Waals surface area contributed by atoms with Crippen molar-refractivity contribution in [3.05, 3.63) is 29.7 Å². The summed E-state index contributed by atoms with van der Waals surface area (Å²) in [7, 11) is 1.64. The van der Waals surface area contributed by atoms with Gasteiger partial charge in [0.05, 0.1) is 0 Å². The molecule has 0 radical (unpaired) electrons. The largest absolute Gasteiger partial charge is 0.441 e. The molecular weight excluding hydrogens is 194 g/mol. The molecule has 2 rings (SSSR count). The number of aromatic nitrogens is 1. The molecule has 5 heteroatoms. The molecule has 0 bridgehead atoms. The number of nitrogens with one attached hydrogen (secondary N) is 2. The minimum atomic E-state index is -0.194. The first kappa shape index (κ1) is 9.67. The van der Waals surface area contributed by atoms with Gasteiger partial charge in [-0.3, -0.25) is 10.2 Å². The third-order valence-corrected chi connectivity index (χ3v) is 2.00. The van der Waals surface area contributed by atoms with Crippen LogP contribution in [-0.4, -0.2) is 17.9 Å². The molecule has 2 N–H and O–H groups in total. The summed E-state index contributed by atoms with van der Waals surface area (Å²) in [4.78, 5) is 15.6. The van der Waals surface area contributed by atoms with Crippen LogP contribution in [0.15, 0.2) is 22.6 Å². The fourth-order valence-electron chi connectivity index (χ4n) is 1.37. The van der Waals surface area contributed by atoms with Gasteiger partial charge in [-0.1, -0.05) is 0 Å². The Bertz CT molecular complexity index is 504. The summed E-state index contributed by atoms with van der Waals surface area (Å²) >= 11 is 0. The number of aryl methyl sites for hydroxylation is 1. The second-order valence-corrected chi connectivity index (χ2v) is 3.12. The zero-order chi connectivity index (χ0) is 10.8. The molecule has 0 atom stereocenters. The molecule has 15 heavy (non-hydrogen) atoms. The van der Waals surface area contributed by atoms with Crippen molar-refractivity contribution >= 4 is 17.0 Å². The summed E-state index contributed by atoms with van der Waals surface area (Å²) in [6.07, 6.45) is 0. The van der Waals surface area contributed by atoms with Gasteiger partial charge in [-0.2, -0.15) is 0 Å². The van der Waals surface area contributed by atoms with Crippen molar-refractivity contribution in [3.63, 3.8) is 0 Å². The number of hydrazine groups is 1. The van der Waals surface area contributed by atoms with Crippen molar-refractivity contribution in [1.29, 1.82) is 0 Å². The standard InChI is InChI=1S/C10H11N3O2/c1-6-12-8-5-7(10(14)13-11-2)3-4-9(8)15-6/h3-5,11H,1-2H3,(H,13,14). The minimum Gasteiger partial charge on any atom is -0.441 e. The Balaban J connectivity index is 2.41. The third-order valence-electron chi connectivity index (χ3n) is 2.00. The summed E-state index contributed by atoms with van der Waals surface area (Å²) < 4.78 is 5.30. The van der Waals surface area contributed by atoms with Gasteiger partial charge in [-0.05, 0) is 18.2 Å². The number of benzene rings is 1. The average molecular weight is 205 g/mol. The van der Waals surface area contributed by atoms with Gasteiger partial charge in [0.25, 0.3) is 5.91 Å². The van der Waals surface area contributed by atoms with Crippen molar-refractivity contribution in [2.45, 2.75) is 6.92 Å². The van der Waals surface area contributed by atoms with Gasteiger partial charge in [-0.15, -0.1) is 0 Å². The molecular formula is C10H11N3O2. The normalized spacial score (nSPS) is 10.5. The first-order valence-corrected chi connectivity index (χ1v) is 4.55. The first-order valence-electron chi connectivity index (χ1n) is 4.55. The van der Waals surface area contributed by atoms with E-state index in [2.05, 4.69) is 15.8 Å². The average Bonchev–Trinajstić information content (AvgIpc) is 2.57. The molecule has 0 aliphatic carbocycles. The highest BCUT2D eigenvalue weighted by Crippen LogP contribution is 2.16. The molecule has 0 aliphatic heterocycles. The zero-order valence-corrected chi connectivity index (χ0v) is 8.50. The fourth-order valence-corrected chi connectivity index (χ4v) is 1.37. The summed E-state index contributed by atoms with van der Waals surface area (Å²) in [6, 6.07) is 5.12. The smallest absolute Gasteiger partial charge is 0.265 e. The quantitative estimate of drug-likeness (QED) is 0.718. The number of carbonyl (C=O) groups is 1. The fraction of sp³-hybridized carbons (Fsp3) is 0.200. The van der Waals surface area contributed by atoms with Crippen LogP contribution in [0.1, 0.15) is 16.2 Å². The van der Waals surface area contributed by atoms with Crippen molar-refractivity contribution < 1.29 is 9.21 Å². The molecule has 0 aliphatic rings. The van der Waals surface area contributed by atoms with Gasteiger partial charge in [0.15, 0.2) is 11.5 Å². The highest BCUT2D eigenvalue weighted by Gasteiger charge is 2.08. The summed E-state index contributed by atoms with van der Waals surface area (Å²) in [6.45, 7) is 1.77. The lowest BCUT2D eigenvalue weighted by Gasteiger charge is -2.01. The Morgan fingerprint density at radius 1 is 1.47 bits per heavy atom. The summed E-state index contributed by atoms with van der Waals surface area (Å²) in [5, 5.41) is 0. The van der Waals surface area contributed by atoms with E-state index in [1.165, 1.54) is 0 Å². The number of fused-ring (bicyclic) bond motifs is 1. The molecule has 1 aromatic carbocycles. The lowest BCUT2D eigenvalue weighted by Crippen LogP contribution is -2.34. The van der Waals surface area contributed by atoms with Crippen LogP contribution in [0.25, 0.3) is 11.1 Å². The summed E-state index contributed by atoms with van der Waals surface area (Å²) in [5.74, 6) is 0.399. The number of hydrogen-bond donors (Lipinski definition) is 2. The van der Waals surface area contributed by atoms with Gasteiger partial charge in [0.2, 0.25) is 0 Å². The number of amides is 1. The van der Waals surface area contributed by atoms with Gasteiger partial charge in [-0.25, -0.2) is 10.4 Å². The van der Waals surface area contributed by atoms with Crippen LogP contribution < -0.4 is 10.9 Å². The Labute approximate surface area is 86.5 Å². The number of nitrogens with zero attached hydrogens (tertiary/aromatic N) is 1. The van der Waals surface area contributed by atoms with Crippen LogP contribution in [0, 0.1) is 6.92 Å². The van der Waals surface area contributed by atoms with E-state index in [1.807, 2.05) is 0 Å². The predicted octanol–water partition coefficient (Wildman–Crippen LogP) is 1.00. The van der Waals surface area contributed by atoms with Crippen molar-refractivity contribution in [2.24, 2.45) is 0 Å². The predicted molar refractivity (Wildman–Crippen MR) is 55.3 cm³/mol. The number of carbonyl (C=O) groups excluding carboxylic acids is 1. The topological polar surface area (TPSA) is 67.2 Å². The van der Waals surface area contributed by atoms with E-state index in [9.17, 15) is 4.79 Å². The number of rotatable bonds is 2. The molecule has 0 fully saturated rings. The molecule has 2 aromatic rings. The maximum atomic E-state index is 11.5. The highest BCUT2D eigenvalue weighted by molar-refractivity contribution is 5.96. The molecule has 0 spiro atoms. The Kier molecular flexibility index (Phi) is 2.39. The molecule has 1 heterocycles. The molecule has 0 saturated heterocycles. The van der Waals surface area contributed by atoms with Gasteiger partial charge < -0.3 is 4.42 Å². The van der Waals surface area contributed by atoms with E-state index in [-0.39, 0.29) is 5.91 Å². The van der Waals surface area contributed by atoms with E-state index in [0.717, 1.165) is 0 Å². The van der Waals surface area contributed by atoms with E-state index in [0.29, 0.717) is 22.6 Å². The number of hydrogen-bond acceptors (Lipinski definition) is 4. The Morgan fingerprint density at radius 2 is 2.27 bits per heavy atom. The Morgan fingerprint density at radius 3 is 3.00 bits per heavy atom. The lowest BCUT2D eigenvalue weighted by molar-refractivity contribution is 0.0938. The van der Waals surface area contributed by atoms with Gasteiger partial charge in [0, 0.05) is 19.5 Å². The van der Waals surface area contributed by atoms with Crippen molar-refractivity contribution in [3.8, 4) is 0 Å². The van der Waals surface area contributed by atoms with Gasteiger partial charge in [0.1, 0.15) is 5.52 Å². The second kappa shape index (κ2) is 3.70. The Hall–Kier alpha value is -1.88. The van der Waals surface area contributed by atoms with Crippen LogP contribution in [0.5, 0.6) is 0 Å². The van der Waals surface area contributed by atoms with E-state index >= 15 is 0 Å². The second-order valence-electron chi connectivity index (χ2n) is 3.12. The molecule has 0 unspecified atom stereocenters. The number of oxazole rings is 1. The first-order chi connectivity index (χ1) is 7.20. The maximum Gasteiger partial charge on any atom is 0.265 e. The van der Waals surface area contributed by atoms with Gasteiger partial charge >= 0.3 is 0 Å². The van der Waals surface area contributed by atoms with E-state index in [1.54, 1.807) is 32.2 Å². The van der Waals surface area contributed by atoms with Crippen molar-refractivity contribution in [1.82, 2.24) is 15.8 Å². The van der Waals surface area contributed by atoms with Crippen LogP contribution in [0.2, 0.25) is 0 Å². The van der Waals surface area contributed by atoms with Crippen molar-refractivity contribution in [2.75, 3.05) is 7.05 Å². The monoisotopic (exact) mass is 205 g/mol. The van der Waals surface area contributed by atoms with Crippen LogP contribution in [0.3, 0.4) is 0 Å². The SMILES string of the molecule is CNNC(=O)c1ccc2oc(C)nc2c1. The van der Waals surface area contributed by atoms with E-state index < -0.39 is 0 Å². The zero-order valence-electron chi connectivity index (χ0n) is 8.50. The highest BCUT2D eigenvalue weighted by atomic mass is 16.3. The molecule has 1 amide bonds. The molecule has 0 saturated carbocycles. The molecule has 78 valence electrons. The summed E-state index contributed by atoms with van der Waals surface area (Å²) in [5.41, 5.74) is 6.99. The van der Waals surface area contributed by atoms with Crippen LogP contribution >= 0.6 is 0 Å². The van der Waals surface area contributed by atoms with Crippen LogP contribution in [0.4, 0.5) is 0 Å². The van der Waals surface area contributed by atoms with E-state index in [4.69, 9.17) is 4.42 Å². The maximum absolute atomic E-state index is 11.5. The minimum absolute atomic E-state index is 0.194. The third kappa shape index (κ3) is 1.82. The van der Waals surface area contributed by atoms with Crippen LogP contribution in [-0.2, 0) is 0 Å².